The molecule has 4 rings (SSSR count). The smallest absolute Gasteiger partial charge is 0.248 e. The van der Waals surface area contributed by atoms with Gasteiger partial charge in [0.1, 0.15) is 22.6 Å². The van der Waals surface area contributed by atoms with Gasteiger partial charge in [-0.3, -0.25) is 4.79 Å². The van der Waals surface area contributed by atoms with Gasteiger partial charge in [-0.2, -0.15) is 8.75 Å². The Morgan fingerprint density at radius 3 is 2.77 bits per heavy atom. The Balaban J connectivity index is 1.51. The van der Waals surface area contributed by atoms with Crippen LogP contribution in [-0.2, 0) is 4.79 Å². The lowest BCUT2D eigenvalue weighted by molar-refractivity contribution is -0.111. The first-order valence-electron chi connectivity index (χ1n) is 8.07. The van der Waals surface area contributed by atoms with Gasteiger partial charge in [-0.15, -0.1) is 0 Å². The van der Waals surface area contributed by atoms with Crippen LogP contribution in [0.5, 0.6) is 0 Å². The molecular formula is C20H15N3O2S. The Morgan fingerprint density at radius 1 is 1.08 bits per heavy atom. The van der Waals surface area contributed by atoms with Crippen molar-refractivity contribution in [3.8, 4) is 11.3 Å². The number of carbonyl (C=O) groups is 1. The highest BCUT2D eigenvalue weighted by Gasteiger charge is 2.10. The number of rotatable bonds is 4. The first kappa shape index (κ1) is 16.2. The zero-order valence-electron chi connectivity index (χ0n) is 14.0. The summed E-state index contributed by atoms with van der Waals surface area (Å²) in [4.78, 5) is 12.3. The Hall–Kier alpha value is -3.25. The van der Waals surface area contributed by atoms with E-state index in [2.05, 4.69) is 14.1 Å². The number of fused-ring (bicyclic) bond motifs is 1. The van der Waals surface area contributed by atoms with Crippen LogP contribution in [0.1, 0.15) is 11.3 Å². The zero-order chi connectivity index (χ0) is 17.9. The zero-order valence-corrected chi connectivity index (χ0v) is 14.8. The third kappa shape index (κ3) is 3.27. The molecular weight excluding hydrogens is 346 g/mol. The molecule has 5 nitrogen and oxygen atoms in total. The van der Waals surface area contributed by atoms with E-state index in [9.17, 15) is 4.79 Å². The minimum Gasteiger partial charge on any atom is -0.457 e. The van der Waals surface area contributed by atoms with E-state index in [0.29, 0.717) is 17.0 Å². The van der Waals surface area contributed by atoms with E-state index in [-0.39, 0.29) is 5.91 Å². The number of carbonyl (C=O) groups excluding carboxylic acids is 1. The summed E-state index contributed by atoms with van der Waals surface area (Å²) in [6.45, 7) is 1.93. The van der Waals surface area contributed by atoms with Crippen LogP contribution in [0.25, 0.3) is 28.4 Å². The summed E-state index contributed by atoms with van der Waals surface area (Å²) in [5.74, 6) is 1.13. The lowest BCUT2D eigenvalue weighted by Crippen LogP contribution is -2.09. The molecule has 0 aliphatic heterocycles. The third-order valence-electron chi connectivity index (χ3n) is 3.97. The Morgan fingerprint density at radius 2 is 1.92 bits per heavy atom. The molecule has 0 saturated heterocycles. The predicted octanol–water partition coefficient (Wildman–Crippen LogP) is 4.91. The largest absolute Gasteiger partial charge is 0.457 e. The summed E-state index contributed by atoms with van der Waals surface area (Å²) in [7, 11) is 0. The molecule has 2 aromatic heterocycles. The quantitative estimate of drug-likeness (QED) is 0.524. The van der Waals surface area contributed by atoms with Crippen LogP contribution in [0.4, 0.5) is 5.69 Å². The standard InChI is InChI=1S/C20H15N3O2S/c1-13-7-10-16-20(23-26-22-16)19(13)21-18(24)12-9-15-8-11-17(25-15)14-5-3-2-4-6-14/h2-12H,1H3,(H,21,24)/b12-9+. The fourth-order valence-corrected chi connectivity index (χ4v) is 3.18. The molecule has 6 heteroatoms. The van der Waals surface area contributed by atoms with Crippen LogP contribution in [0.2, 0.25) is 0 Å². The lowest BCUT2D eigenvalue weighted by atomic mass is 10.1. The molecule has 0 aliphatic carbocycles. The molecule has 0 spiro atoms. The molecule has 0 saturated carbocycles. The van der Waals surface area contributed by atoms with Crippen molar-refractivity contribution in [3.63, 3.8) is 0 Å². The number of furan rings is 1. The first-order valence-corrected chi connectivity index (χ1v) is 8.80. The van der Waals surface area contributed by atoms with Gasteiger partial charge in [0, 0.05) is 11.6 Å². The van der Waals surface area contributed by atoms with Gasteiger partial charge in [0.15, 0.2) is 0 Å². The first-order chi connectivity index (χ1) is 12.7. The molecule has 4 aromatic rings. The maximum Gasteiger partial charge on any atom is 0.248 e. The number of anilines is 1. The van der Waals surface area contributed by atoms with Crippen molar-refractivity contribution in [3.05, 3.63) is 72.0 Å². The second-order valence-electron chi connectivity index (χ2n) is 5.78. The van der Waals surface area contributed by atoms with Gasteiger partial charge >= 0.3 is 0 Å². The maximum absolute atomic E-state index is 12.3. The average molecular weight is 361 g/mol. The molecule has 0 radical (unpaired) electrons. The molecule has 2 heterocycles. The highest BCUT2D eigenvalue weighted by molar-refractivity contribution is 7.00. The summed E-state index contributed by atoms with van der Waals surface area (Å²) in [6.07, 6.45) is 3.10. The molecule has 1 amide bonds. The van der Waals surface area contributed by atoms with Crippen LogP contribution in [0, 0.1) is 6.92 Å². The second kappa shape index (κ2) is 6.93. The van der Waals surface area contributed by atoms with Gasteiger partial charge in [-0.25, -0.2) is 0 Å². The second-order valence-corrected chi connectivity index (χ2v) is 6.31. The number of benzene rings is 2. The van der Waals surface area contributed by atoms with Crippen molar-refractivity contribution in [2.45, 2.75) is 6.92 Å². The summed E-state index contributed by atoms with van der Waals surface area (Å²) in [6, 6.07) is 17.4. The number of nitrogens with zero attached hydrogens (tertiary/aromatic N) is 2. The van der Waals surface area contributed by atoms with Gasteiger partial charge in [-0.1, -0.05) is 36.4 Å². The van der Waals surface area contributed by atoms with E-state index in [0.717, 1.165) is 34.1 Å². The molecule has 2 aromatic carbocycles. The van der Waals surface area contributed by atoms with E-state index < -0.39 is 0 Å². The fourth-order valence-electron chi connectivity index (χ4n) is 2.63. The Kier molecular flexibility index (Phi) is 4.33. The highest BCUT2D eigenvalue weighted by atomic mass is 32.1. The van der Waals surface area contributed by atoms with Crippen LogP contribution in [-0.4, -0.2) is 14.7 Å². The summed E-state index contributed by atoms with van der Waals surface area (Å²) in [5, 5.41) is 2.88. The number of hydrogen-bond acceptors (Lipinski definition) is 5. The van der Waals surface area contributed by atoms with Crippen molar-refractivity contribution < 1.29 is 9.21 Å². The number of hydrogen-bond donors (Lipinski definition) is 1. The van der Waals surface area contributed by atoms with Crippen LogP contribution >= 0.6 is 11.7 Å². The molecule has 0 fully saturated rings. The van der Waals surface area contributed by atoms with E-state index in [1.807, 2.05) is 61.5 Å². The normalized spacial score (nSPS) is 11.3. The van der Waals surface area contributed by atoms with Gasteiger partial charge in [0.05, 0.1) is 17.4 Å². The number of aryl methyl sites for hydroxylation is 1. The summed E-state index contributed by atoms with van der Waals surface area (Å²) >= 11 is 1.13. The third-order valence-corrected chi connectivity index (χ3v) is 4.51. The summed E-state index contributed by atoms with van der Waals surface area (Å²) in [5.41, 5.74) is 4.11. The number of nitrogens with one attached hydrogen (secondary N) is 1. The molecule has 26 heavy (non-hydrogen) atoms. The maximum atomic E-state index is 12.3. The Labute approximate surface area is 154 Å². The predicted molar refractivity (Wildman–Crippen MR) is 104 cm³/mol. The SMILES string of the molecule is Cc1ccc2nsnc2c1NC(=O)/C=C/c1ccc(-c2ccccc2)o1. The van der Waals surface area contributed by atoms with Crippen LogP contribution in [0.3, 0.4) is 0 Å². The molecule has 1 N–H and O–H groups in total. The monoisotopic (exact) mass is 361 g/mol. The van der Waals surface area contributed by atoms with E-state index >= 15 is 0 Å². The number of amides is 1. The van der Waals surface area contributed by atoms with E-state index in [1.165, 1.54) is 6.08 Å². The topological polar surface area (TPSA) is 68.0 Å². The van der Waals surface area contributed by atoms with Crippen molar-refractivity contribution in [1.82, 2.24) is 8.75 Å². The van der Waals surface area contributed by atoms with Crippen LogP contribution in [0.15, 0.2) is 65.1 Å². The molecule has 0 aliphatic rings. The molecule has 128 valence electrons. The number of aromatic nitrogens is 2. The average Bonchev–Trinajstić information content (AvgIpc) is 3.32. The molecule has 0 atom stereocenters. The summed E-state index contributed by atoms with van der Waals surface area (Å²) < 4.78 is 14.2. The van der Waals surface area contributed by atoms with Gasteiger partial charge < -0.3 is 9.73 Å². The van der Waals surface area contributed by atoms with Crippen molar-refractivity contribution >= 4 is 40.4 Å². The minimum atomic E-state index is -0.244. The minimum absolute atomic E-state index is 0.244. The van der Waals surface area contributed by atoms with Gasteiger partial charge in [-0.05, 0) is 36.8 Å². The van der Waals surface area contributed by atoms with E-state index in [1.54, 1.807) is 6.08 Å². The lowest BCUT2D eigenvalue weighted by Gasteiger charge is -2.06. The van der Waals surface area contributed by atoms with Gasteiger partial charge in [0.2, 0.25) is 5.91 Å². The van der Waals surface area contributed by atoms with Crippen molar-refractivity contribution in [2.24, 2.45) is 0 Å². The fraction of sp³-hybridized carbons (Fsp3) is 0.0500. The highest BCUT2D eigenvalue weighted by Crippen LogP contribution is 2.26. The Bertz CT molecular complexity index is 1100. The van der Waals surface area contributed by atoms with Gasteiger partial charge in [0.25, 0.3) is 0 Å². The molecule has 0 unspecified atom stereocenters. The molecule has 0 bridgehead atoms. The van der Waals surface area contributed by atoms with Crippen molar-refractivity contribution in [2.75, 3.05) is 5.32 Å². The van der Waals surface area contributed by atoms with Crippen LogP contribution < -0.4 is 5.32 Å². The van der Waals surface area contributed by atoms with Crippen molar-refractivity contribution in [1.29, 1.82) is 0 Å². The van der Waals surface area contributed by atoms with E-state index in [4.69, 9.17) is 4.42 Å².